The molecule has 1 atom stereocenters. The van der Waals surface area contributed by atoms with Gasteiger partial charge in [-0.25, -0.2) is 4.98 Å². The number of rotatable bonds is 5. The highest BCUT2D eigenvalue weighted by molar-refractivity contribution is 5.94. The molecule has 1 heterocycles. The molecular weight excluding hydrogens is 346 g/mol. The Balaban J connectivity index is 1.66. The Bertz CT molecular complexity index is 1120. The van der Waals surface area contributed by atoms with Gasteiger partial charge in [-0.05, 0) is 36.8 Å². The summed E-state index contributed by atoms with van der Waals surface area (Å²) in [7, 11) is 2.02. The Labute approximate surface area is 164 Å². The average Bonchev–Trinajstić information content (AvgIpc) is 3.04. The summed E-state index contributed by atoms with van der Waals surface area (Å²) in [5.41, 5.74) is 4.87. The number of imidazole rings is 1. The molecule has 0 unspecified atom stereocenters. The lowest BCUT2D eigenvalue weighted by Crippen LogP contribution is -2.30. The summed E-state index contributed by atoms with van der Waals surface area (Å²) in [5.74, 6) is 0.871. The lowest BCUT2D eigenvalue weighted by molar-refractivity contribution is 0.0936. The lowest BCUT2D eigenvalue weighted by atomic mass is 10.0. The zero-order valence-electron chi connectivity index (χ0n) is 16.1. The summed E-state index contributed by atoms with van der Waals surface area (Å²) < 4.78 is 2.10. The Kier molecular flexibility index (Phi) is 4.94. The molecule has 4 nitrogen and oxygen atoms in total. The first kappa shape index (κ1) is 18.0. The third kappa shape index (κ3) is 3.67. The van der Waals surface area contributed by atoms with Crippen LogP contribution in [-0.4, -0.2) is 15.5 Å². The predicted octanol–water partition coefficient (Wildman–Crippen LogP) is 4.60. The molecule has 4 aromatic rings. The number of hydrogen-bond donors (Lipinski definition) is 1. The molecule has 0 bridgehead atoms. The minimum absolute atomic E-state index is 0.0729. The Morgan fingerprint density at radius 3 is 2.50 bits per heavy atom. The summed E-state index contributed by atoms with van der Waals surface area (Å²) in [5, 5.41) is 3.20. The maximum Gasteiger partial charge on any atom is 0.251 e. The van der Waals surface area contributed by atoms with E-state index in [9.17, 15) is 4.79 Å². The highest BCUT2D eigenvalue weighted by atomic mass is 16.1. The van der Waals surface area contributed by atoms with E-state index in [1.54, 1.807) is 0 Å². The first-order chi connectivity index (χ1) is 13.6. The van der Waals surface area contributed by atoms with Crippen LogP contribution < -0.4 is 5.32 Å². The van der Waals surface area contributed by atoms with E-state index in [0.717, 1.165) is 28.0 Å². The number of fused-ring (bicyclic) bond motifs is 1. The second-order valence-corrected chi connectivity index (χ2v) is 7.09. The molecule has 0 radical (unpaired) electrons. The SMILES string of the molecule is Cc1cccc(C(=O)N[C@@H](Cc2nc3ccccc3n2C)c2ccccc2)c1. The van der Waals surface area contributed by atoms with Gasteiger partial charge in [0.25, 0.3) is 5.91 Å². The van der Waals surface area contributed by atoms with Crippen molar-refractivity contribution in [2.45, 2.75) is 19.4 Å². The van der Waals surface area contributed by atoms with Crippen molar-refractivity contribution >= 4 is 16.9 Å². The van der Waals surface area contributed by atoms with Gasteiger partial charge in [-0.15, -0.1) is 0 Å². The van der Waals surface area contributed by atoms with Gasteiger partial charge >= 0.3 is 0 Å². The van der Waals surface area contributed by atoms with Crippen LogP contribution in [-0.2, 0) is 13.5 Å². The number of benzene rings is 3. The Morgan fingerprint density at radius 1 is 1.00 bits per heavy atom. The standard InChI is InChI=1S/C24H23N3O/c1-17-9-8-12-19(15-17)24(28)26-21(18-10-4-3-5-11-18)16-23-25-20-13-6-7-14-22(20)27(23)2/h3-15,21H,16H2,1-2H3,(H,26,28)/t21-/m0/s1. The quantitative estimate of drug-likeness (QED) is 0.559. The molecule has 0 saturated carbocycles. The minimum atomic E-state index is -0.162. The van der Waals surface area contributed by atoms with Gasteiger partial charge in [-0.2, -0.15) is 0 Å². The molecule has 3 aromatic carbocycles. The molecular formula is C24H23N3O. The van der Waals surface area contributed by atoms with Crippen LogP contribution in [0.2, 0.25) is 0 Å². The monoisotopic (exact) mass is 369 g/mol. The van der Waals surface area contributed by atoms with Crippen molar-refractivity contribution in [3.8, 4) is 0 Å². The van der Waals surface area contributed by atoms with E-state index in [2.05, 4.69) is 16.0 Å². The van der Waals surface area contributed by atoms with E-state index in [-0.39, 0.29) is 11.9 Å². The van der Waals surface area contributed by atoms with E-state index < -0.39 is 0 Å². The highest BCUT2D eigenvalue weighted by Gasteiger charge is 2.19. The zero-order valence-corrected chi connectivity index (χ0v) is 16.1. The molecule has 28 heavy (non-hydrogen) atoms. The number of carbonyl (C=O) groups is 1. The van der Waals surface area contributed by atoms with E-state index in [1.165, 1.54) is 0 Å². The normalized spacial score (nSPS) is 12.1. The minimum Gasteiger partial charge on any atom is -0.345 e. The van der Waals surface area contributed by atoms with Gasteiger partial charge in [0.2, 0.25) is 0 Å². The molecule has 1 N–H and O–H groups in total. The molecule has 0 fully saturated rings. The summed E-state index contributed by atoms with van der Waals surface area (Å²) in [4.78, 5) is 17.7. The largest absolute Gasteiger partial charge is 0.345 e. The molecule has 1 aromatic heterocycles. The second-order valence-electron chi connectivity index (χ2n) is 7.09. The van der Waals surface area contributed by atoms with Crippen LogP contribution in [0.5, 0.6) is 0 Å². The molecule has 0 aliphatic carbocycles. The maximum absolute atomic E-state index is 12.9. The van der Waals surface area contributed by atoms with Gasteiger partial charge in [-0.3, -0.25) is 4.79 Å². The molecule has 4 heteroatoms. The van der Waals surface area contributed by atoms with Crippen LogP contribution in [0.15, 0.2) is 78.9 Å². The molecule has 0 aliphatic rings. The fraction of sp³-hybridized carbons (Fsp3) is 0.167. The van der Waals surface area contributed by atoms with Crippen LogP contribution in [0.25, 0.3) is 11.0 Å². The molecule has 0 aliphatic heterocycles. The number of para-hydroxylation sites is 2. The summed E-state index contributed by atoms with van der Waals surface area (Å²) in [6.45, 7) is 1.99. The fourth-order valence-electron chi connectivity index (χ4n) is 3.53. The number of aryl methyl sites for hydroxylation is 2. The smallest absolute Gasteiger partial charge is 0.251 e. The predicted molar refractivity (Wildman–Crippen MR) is 112 cm³/mol. The number of aromatic nitrogens is 2. The van der Waals surface area contributed by atoms with Gasteiger partial charge in [0.15, 0.2) is 0 Å². The number of amides is 1. The maximum atomic E-state index is 12.9. The van der Waals surface area contributed by atoms with Crippen LogP contribution in [0.4, 0.5) is 0 Å². The molecule has 0 saturated heterocycles. The fourth-order valence-corrected chi connectivity index (χ4v) is 3.53. The van der Waals surface area contributed by atoms with Crippen LogP contribution >= 0.6 is 0 Å². The average molecular weight is 369 g/mol. The topological polar surface area (TPSA) is 46.9 Å². The Morgan fingerprint density at radius 2 is 1.75 bits per heavy atom. The molecule has 1 amide bonds. The van der Waals surface area contributed by atoms with Crippen molar-refractivity contribution in [3.05, 3.63) is 101 Å². The molecule has 140 valence electrons. The van der Waals surface area contributed by atoms with Crippen molar-refractivity contribution in [3.63, 3.8) is 0 Å². The zero-order chi connectivity index (χ0) is 19.5. The van der Waals surface area contributed by atoms with E-state index in [4.69, 9.17) is 4.98 Å². The van der Waals surface area contributed by atoms with Crippen molar-refractivity contribution in [2.75, 3.05) is 0 Å². The van der Waals surface area contributed by atoms with Crippen LogP contribution in [0.1, 0.15) is 33.4 Å². The Hall–Kier alpha value is -3.40. The van der Waals surface area contributed by atoms with E-state index in [0.29, 0.717) is 12.0 Å². The van der Waals surface area contributed by atoms with E-state index >= 15 is 0 Å². The second kappa shape index (κ2) is 7.69. The van der Waals surface area contributed by atoms with Gasteiger partial charge < -0.3 is 9.88 Å². The highest BCUT2D eigenvalue weighted by Crippen LogP contribution is 2.22. The number of hydrogen-bond acceptors (Lipinski definition) is 2. The third-order valence-electron chi connectivity index (χ3n) is 5.05. The molecule has 0 spiro atoms. The summed E-state index contributed by atoms with van der Waals surface area (Å²) in [6.07, 6.45) is 0.618. The number of nitrogens with zero attached hydrogens (tertiary/aromatic N) is 2. The van der Waals surface area contributed by atoms with Gasteiger partial charge in [0.1, 0.15) is 5.82 Å². The third-order valence-corrected chi connectivity index (χ3v) is 5.05. The van der Waals surface area contributed by atoms with Gasteiger partial charge in [0, 0.05) is 19.0 Å². The van der Waals surface area contributed by atoms with Crippen molar-refractivity contribution in [1.29, 1.82) is 0 Å². The van der Waals surface area contributed by atoms with E-state index in [1.807, 2.05) is 86.8 Å². The first-order valence-electron chi connectivity index (χ1n) is 9.44. The number of nitrogens with one attached hydrogen (secondary N) is 1. The molecule has 4 rings (SSSR count). The van der Waals surface area contributed by atoms with Crippen LogP contribution in [0.3, 0.4) is 0 Å². The number of carbonyl (C=O) groups excluding carboxylic acids is 1. The first-order valence-corrected chi connectivity index (χ1v) is 9.44. The summed E-state index contributed by atoms with van der Waals surface area (Å²) in [6, 6.07) is 25.7. The van der Waals surface area contributed by atoms with Crippen molar-refractivity contribution < 1.29 is 4.79 Å². The summed E-state index contributed by atoms with van der Waals surface area (Å²) >= 11 is 0. The van der Waals surface area contributed by atoms with Gasteiger partial charge in [0.05, 0.1) is 17.1 Å². The van der Waals surface area contributed by atoms with Crippen molar-refractivity contribution in [1.82, 2.24) is 14.9 Å². The van der Waals surface area contributed by atoms with Crippen molar-refractivity contribution in [2.24, 2.45) is 7.05 Å². The van der Waals surface area contributed by atoms with Gasteiger partial charge in [-0.1, -0.05) is 60.2 Å². The lowest BCUT2D eigenvalue weighted by Gasteiger charge is -2.19. The van der Waals surface area contributed by atoms with Crippen LogP contribution in [0, 0.1) is 6.92 Å².